The summed E-state index contributed by atoms with van der Waals surface area (Å²) in [5.74, 6) is 0. The summed E-state index contributed by atoms with van der Waals surface area (Å²) < 4.78 is 0. The summed E-state index contributed by atoms with van der Waals surface area (Å²) >= 11 is 0. The van der Waals surface area contributed by atoms with Crippen LogP contribution in [-0.4, -0.2) is 4.98 Å². The third-order valence-electron chi connectivity index (χ3n) is 2.86. The maximum Gasteiger partial charge on any atom is 0.0501 e. The Hall–Kier alpha value is -1.05. The average Bonchev–Trinajstić information content (AvgIpc) is 2.02. The average molecular weight is 162 g/mol. The Bertz CT molecular complexity index is 272. The third-order valence-corrected chi connectivity index (χ3v) is 2.86. The van der Waals surface area contributed by atoms with E-state index in [0.29, 0.717) is 5.41 Å². The standard InChI is InChI=1S/C10H14N2/c1-10(5-2-6-10)9-4-3-8(11)7-12-9/h3-4,7H,2,5-6,11H2,1H3. The Labute approximate surface area is 72.8 Å². The molecule has 0 amide bonds. The lowest BCUT2D eigenvalue weighted by Crippen LogP contribution is -2.31. The van der Waals surface area contributed by atoms with Gasteiger partial charge < -0.3 is 5.73 Å². The number of aromatic nitrogens is 1. The number of nitrogens with two attached hydrogens (primary N) is 1. The molecule has 0 spiro atoms. The van der Waals surface area contributed by atoms with Crippen LogP contribution in [-0.2, 0) is 5.41 Å². The zero-order valence-corrected chi connectivity index (χ0v) is 7.38. The summed E-state index contributed by atoms with van der Waals surface area (Å²) in [6.07, 6.45) is 5.62. The molecule has 0 bridgehead atoms. The Morgan fingerprint density at radius 2 is 2.17 bits per heavy atom. The van der Waals surface area contributed by atoms with Gasteiger partial charge in [-0.3, -0.25) is 4.98 Å². The Morgan fingerprint density at radius 3 is 2.58 bits per heavy atom. The molecule has 1 aliphatic carbocycles. The molecule has 2 rings (SSSR count). The normalized spacial score (nSPS) is 20.1. The van der Waals surface area contributed by atoms with E-state index < -0.39 is 0 Å². The Morgan fingerprint density at radius 1 is 1.42 bits per heavy atom. The van der Waals surface area contributed by atoms with E-state index in [4.69, 9.17) is 5.73 Å². The zero-order chi connectivity index (χ0) is 8.60. The van der Waals surface area contributed by atoms with Crippen molar-refractivity contribution in [1.29, 1.82) is 0 Å². The minimum atomic E-state index is 0.341. The molecule has 0 radical (unpaired) electrons. The van der Waals surface area contributed by atoms with E-state index in [2.05, 4.69) is 18.0 Å². The highest BCUT2D eigenvalue weighted by atomic mass is 14.7. The topological polar surface area (TPSA) is 38.9 Å². The van der Waals surface area contributed by atoms with Crippen LogP contribution in [0.4, 0.5) is 5.69 Å². The van der Waals surface area contributed by atoms with Crippen molar-refractivity contribution in [2.45, 2.75) is 31.6 Å². The SMILES string of the molecule is CC1(c2ccc(N)cn2)CCC1. The van der Waals surface area contributed by atoms with Crippen LogP contribution in [0.25, 0.3) is 0 Å². The summed E-state index contributed by atoms with van der Waals surface area (Å²) in [5.41, 5.74) is 7.86. The number of nitrogens with zero attached hydrogens (tertiary/aromatic N) is 1. The van der Waals surface area contributed by atoms with Crippen molar-refractivity contribution >= 4 is 5.69 Å². The zero-order valence-electron chi connectivity index (χ0n) is 7.38. The van der Waals surface area contributed by atoms with E-state index in [1.54, 1.807) is 6.20 Å². The quantitative estimate of drug-likeness (QED) is 0.686. The molecule has 1 aromatic heterocycles. The first-order valence-electron chi connectivity index (χ1n) is 4.43. The molecular formula is C10H14N2. The fourth-order valence-electron chi connectivity index (χ4n) is 1.73. The van der Waals surface area contributed by atoms with Crippen molar-refractivity contribution in [3.05, 3.63) is 24.0 Å². The Balaban J connectivity index is 2.28. The molecule has 2 nitrogen and oxygen atoms in total. The lowest BCUT2D eigenvalue weighted by molar-refractivity contribution is 0.264. The predicted octanol–water partition coefficient (Wildman–Crippen LogP) is 2.11. The maximum absolute atomic E-state index is 5.57. The molecule has 1 saturated carbocycles. The lowest BCUT2D eigenvalue weighted by Gasteiger charge is -2.37. The molecule has 1 aliphatic rings. The number of hydrogen-bond acceptors (Lipinski definition) is 2. The summed E-state index contributed by atoms with van der Waals surface area (Å²) in [6, 6.07) is 3.99. The van der Waals surface area contributed by atoms with E-state index >= 15 is 0 Å². The van der Waals surface area contributed by atoms with Crippen molar-refractivity contribution in [3.8, 4) is 0 Å². The number of rotatable bonds is 1. The van der Waals surface area contributed by atoms with Crippen LogP contribution in [0.15, 0.2) is 18.3 Å². The van der Waals surface area contributed by atoms with E-state index in [9.17, 15) is 0 Å². The Kier molecular flexibility index (Phi) is 1.56. The molecule has 0 unspecified atom stereocenters. The maximum atomic E-state index is 5.57. The highest BCUT2D eigenvalue weighted by Gasteiger charge is 2.34. The van der Waals surface area contributed by atoms with Gasteiger partial charge in [0.2, 0.25) is 0 Å². The summed E-state index contributed by atoms with van der Waals surface area (Å²) in [5, 5.41) is 0. The minimum absolute atomic E-state index is 0.341. The van der Waals surface area contributed by atoms with E-state index in [1.807, 2.05) is 6.07 Å². The van der Waals surface area contributed by atoms with Gasteiger partial charge in [-0.2, -0.15) is 0 Å². The number of hydrogen-bond donors (Lipinski definition) is 1. The molecule has 2 N–H and O–H groups in total. The van der Waals surface area contributed by atoms with Crippen LogP contribution in [0.1, 0.15) is 31.9 Å². The van der Waals surface area contributed by atoms with Gasteiger partial charge in [0.05, 0.1) is 11.9 Å². The summed E-state index contributed by atoms with van der Waals surface area (Å²) in [6.45, 7) is 2.27. The van der Waals surface area contributed by atoms with Gasteiger partial charge >= 0.3 is 0 Å². The second-order valence-electron chi connectivity index (χ2n) is 3.89. The van der Waals surface area contributed by atoms with Gasteiger partial charge in [0.15, 0.2) is 0 Å². The highest BCUT2D eigenvalue weighted by Crippen LogP contribution is 2.42. The molecule has 0 aromatic carbocycles. The van der Waals surface area contributed by atoms with Gasteiger partial charge in [-0.05, 0) is 25.0 Å². The second-order valence-corrected chi connectivity index (χ2v) is 3.89. The van der Waals surface area contributed by atoms with Crippen LogP contribution >= 0.6 is 0 Å². The van der Waals surface area contributed by atoms with Gasteiger partial charge in [-0.1, -0.05) is 13.3 Å². The molecular weight excluding hydrogens is 148 g/mol. The van der Waals surface area contributed by atoms with Gasteiger partial charge in [0, 0.05) is 11.1 Å². The van der Waals surface area contributed by atoms with Crippen molar-refractivity contribution in [3.63, 3.8) is 0 Å². The van der Waals surface area contributed by atoms with Gasteiger partial charge in [-0.15, -0.1) is 0 Å². The molecule has 12 heavy (non-hydrogen) atoms. The molecule has 0 saturated heterocycles. The molecule has 2 heteroatoms. The first-order valence-corrected chi connectivity index (χ1v) is 4.43. The minimum Gasteiger partial charge on any atom is -0.397 e. The van der Waals surface area contributed by atoms with E-state index in [-0.39, 0.29) is 0 Å². The number of nitrogen functional groups attached to an aromatic ring is 1. The lowest BCUT2D eigenvalue weighted by atomic mass is 9.68. The van der Waals surface area contributed by atoms with Crippen LogP contribution in [0, 0.1) is 0 Å². The van der Waals surface area contributed by atoms with Crippen LogP contribution in [0.5, 0.6) is 0 Å². The molecule has 1 fully saturated rings. The second kappa shape index (κ2) is 2.47. The van der Waals surface area contributed by atoms with Gasteiger partial charge in [0.25, 0.3) is 0 Å². The monoisotopic (exact) mass is 162 g/mol. The fourth-order valence-corrected chi connectivity index (χ4v) is 1.73. The van der Waals surface area contributed by atoms with Crippen LogP contribution in [0.3, 0.4) is 0 Å². The van der Waals surface area contributed by atoms with Gasteiger partial charge in [0.1, 0.15) is 0 Å². The first kappa shape index (κ1) is 7.59. The van der Waals surface area contributed by atoms with Crippen molar-refractivity contribution < 1.29 is 0 Å². The highest BCUT2D eigenvalue weighted by molar-refractivity contribution is 5.36. The largest absolute Gasteiger partial charge is 0.397 e. The van der Waals surface area contributed by atoms with Gasteiger partial charge in [-0.25, -0.2) is 0 Å². The molecule has 1 heterocycles. The van der Waals surface area contributed by atoms with Crippen molar-refractivity contribution in [1.82, 2.24) is 4.98 Å². The van der Waals surface area contributed by atoms with Crippen molar-refractivity contribution in [2.24, 2.45) is 0 Å². The first-order chi connectivity index (χ1) is 5.71. The van der Waals surface area contributed by atoms with E-state index in [0.717, 1.165) is 5.69 Å². The third kappa shape index (κ3) is 1.07. The predicted molar refractivity (Wildman–Crippen MR) is 49.9 cm³/mol. The molecule has 1 aromatic rings. The fraction of sp³-hybridized carbons (Fsp3) is 0.500. The number of anilines is 1. The summed E-state index contributed by atoms with van der Waals surface area (Å²) in [7, 11) is 0. The van der Waals surface area contributed by atoms with E-state index in [1.165, 1.54) is 25.0 Å². The molecule has 64 valence electrons. The summed E-state index contributed by atoms with van der Waals surface area (Å²) in [4.78, 5) is 4.35. The molecule has 0 aliphatic heterocycles. The molecule has 0 atom stereocenters. The number of pyridine rings is 1. The van der Waals surface area contributed by atoms with Crippen LogP contribution in [0.2, 0.25) is 0 Å². The van der Waals surface area contributed by atoms with Crippen LogP contribution < -0.4 is 5.73 Å². The smallest absolute Gasteiger partial charge is 0.0501 e. The van der Waals surface area contributed by atoms with Crippen molar-refractivity contribution in [2.75, 3.05) is 5.73 Å².